The Morgan fingerprint density at radius 2 is 1.95 bits per heavy atom. The fourth-order valence-electron chi connectivity index (χ4n) is 2.46. The number of halogens is 1. The lowest BCUT2D eigenvalue weighted by Crippen LogP contribution is -2.49. The number of amides is 1. The van der Waals surface area contributed by atoms with E-state index in [1.54, 1.807) is 18.3 Å². The van der Waals surface area contributed by atoms with E-state index in [1.165, 1.54) is 6.20 Å². The van der Waals surface area contributed by atoms with Gasteiger partial charge in [-0.25, -0.2) is 9.97 Å². The lowest BCUT2D eigenvalue weighted by molar-refractivity contribution is 0.0745. The van der Waals surface area contributed by atoms with E-state index in [1.807, 2.05) is 22.7 Å². The summed E-state index contributed by atoms with van der Waals surface area (Å²) in [6, 6.07) is 3.35. The van der Waals surface area contributed by atoms with Crippen molar-refractivity contribution in [3.05, 3.63) is 41.4 Å². The van der Waals surface area contributed by atoms with Gasteiger partial charge in [-0.3, -0.25) is 4.79 Å². The monoisotopic (exact) mass is 305 g/mol. The van der Waals surface area contributed by atoms with E-state index in [0.717, 1.165) is 19.0 Å². The zero-order chi connectivity index (χ0) is 14.8. The second-order valence-electron chi connectivity index (χ2n) is 4.99. The number of anilines is 1. The first-order valence-electron chi connectivity index (χ1n) is 6.78. The molecule has 0 aliphatic carbocycles. The number of piperazine rings is 1. The number of aryl methyl sites for hydroxylation is 1. The van der Waals surface area contributed by atoms with Gasteiger partial charge in [0.25, 0.3) is 5.91 Å². The van der Waals surface area contributed by atoms with E-state index < -0.39 is 0 Å². The Morgan fingerprint density at radius 3 is 2.52 bits per heavy atom. The molecule has 2 aromatic rings. The van der Waals surface area contributed by atoms with Crippen molar-refractivity contribution in [3.63, 3.8) is 0 Å². The molecular formula is C14H16ClN5O. The van der Waals surface area contributed by atoms with Gasteiger partial charge in [0.1, 0.15) is 5.15 Å². The summed E-state index contributed by atoms with van der Waals surface area (Å²) in [4.78, 5) is 24.7. The summed E-state index contributed by atoms with van der Waals surface area (Å²) in [7, 11) is 1.97. The van der Waals surface area contributed by atoms with Gasteiger partial charge in [-0.2, -0.15) is 0 Å². The van der Waals surface area contributed by atoms with Gasteiger partial charge in [-0.05, 0) is 12.1 Å². The quantitative estimate of drug-likeness (QED) is 0.788. The lowest BCUT2D eigenvalue weighted by atomic mass is 10.2. The summed E-state index contributed by atoms with van der Waals surface area (Å²) >= 11 is 5.74. The third-order valence-electron chi connectivity index (χ3n) is 3.62. The maximum absolute atomic E-state index is 12.4. The maximum atomic E-state index is 12.4. The molecule has 0 unspecified atom stereocenters. The Labute approximate surface area is 128 Å². The van der Waals surface area contributed by atoms with Crippen molar-refractivity contribution in [2.24, 2.45) is 7.05 Å². The number of rotatable bonds is 2. The predicted octanol–water partition coefficient (Wildman–Crippen LogP) is 1.43. The molecule has 0 atom stereocenters. The lowest BCUT2D eigenvalue weighted by Gasteiger charge is -2.35. The zero-order valence-corrected chi connectivity index (χ0v) is 12.5. The van der Waals surface area contributed by atoms with E-state index in [2.05, 4.69) is 14.9 Å². The van der Waals surface area contributed by atoms with Crippen LogP contribution in [0.15, 0.2) is 30.7 Å². The first kappa shape index (κ1) is 13.9. The predicted molar refractivity (Wildman–Crippen MR) is 80.6 cm³/mol. The highest BCUT2D eigenvalue weighted by atomic mass is 35.5. The van der Waals surface area contributed by atoms with Gasteiger partial charge in [0.05, 0.1) is 5.56 Å². The molecule has 1 aliphatic heterocycles. The van der Waals surface area contributed by atoms with Gasteiger partial charge in [-0.1, -0.05) is 11.6 Å². The molecule has 0 aromatic carbocycles. The van der Waals surface area contributed by atoms with Crippen molar-refractivity contribution in [1.82, 2.24) is 19.4 Å². The number of hydrogen-bond donors (Lipinski definition) is 0. The number of carbonyl (C=O) groups excluding carboxylic acids is 1. The van der Waals surface area contributed by atoms with Crippen molar-refractivity contribution in [1.29, 1.82) is 0 Å². The Kier molecular flexibility index (Phi) is 3.79. The van der Waals surface area contributed by atoms with E-state index in [-0.39, 0.29) is 5.91 Å². The SMILES string of the molecule is Cn1ccnc1N1CCN(C(=O)c2ccc(Cl)nc2)CC1. The highest BCUT2D eigenvalue weighted by Gasteiger charge is 2.23. The Hall–Kier alpha value is -2.08. The molecule has 6 nitrogen and oxygen atoms in total. The van der Waals surface area contributed by atoms with Crippen LogP contribution in [0.3, 0.4) is 0 Å². The second-order valence-corrected chi connectivity index (χ2v) is 5.37. The fraction of sp³-hybridized carbons (Fsp3) is 0.357. The van der Waals surface area contributed by atoms with Crippen molar-refractivity contribution in [3.8, 4) is 0 Å². The van der Waals surface area contributed by atoms with Crippen molar-refractivity contribution in [2.45, 2.75) is 0 Å². The summed E-state index contributed by atoms with van der Waals surface area (Å²) in [6.45, 7) is 2.90. The average Bonchev–Trinajstić information content (AvgIpc) is 2.94. The van der Waals surface area contributed by atoms with Gasteiger partial charge in [0, 0.05) is 51.8 Å². The van der Waals surface area contributed by atoms with E-state index in [4.69, 9.17) is 11.6 Å². The molecule has 0 spiro atoms. The van der Waals surface area contributed by atoms with Crippen LogP contribution in [-0.4, -0.2) is 51.5 Å². The molecule has 0 bridgehead atoms. The van der Waals surface area contributed by atoms with Crippen molar-refractivity contribution >= 4 is 23.5 Å². The van der Waals surface area contributed by atoms with Crippen molar-refractivity contribution < 1.29 is 4.79 Å². The number of carbonyl (C=O) groups is 1. The van der Waals surface area contributed by atoms with Crippen LogP contribution in [0, 0.1) is 0 Å². The molecule has 2 aromatic heterocycles. The molecule has 110 valence electrons. The normalized spacial score (nSPS) is 15.3. The number of aromatic nitrogens is 3. The van der Waals surface area contributed by atoms with Gasteiger partial charge in [-0.15, -0.1) is 0 Å². The van der Waals surface area contributed by atoms with Gasteiger partial charge < -0.3 is 14.4 Å². The fourth-order valence-corrected chi connectivity index (χ4v) is 2.57. The molecule has 0 saturated carbocycles. The third-order valence-corrected chi connectivity index (χ3v) is 3.84. The van der Waals surface area contributed by atoms with Crippen LogP contribution in [0.25, 0.3) is 0 Å². The smallest absolute Gasteiger partial charge is 0.255 e. The highest BCUT2D eigenvalue weighted by Crippen LogP contribution is 2.15. The van der Waals surface area contributed by atoms with E-state index in [0.29, 0.717) is 23.8 Å². The van der Waals surface area contributed by atoms with Crippen LogP contribution in [0.1, 0.15) is 10.4 Å². The average molecular weight is 306 g/mol. The van der Waals surface area contributed by atoms with Crippen LogP contribution < -0.4 is 4.90 Å². The number of hydrogen-bond acceptors (Lipinski definition) is 4. The molecule has 1 amide bonds. The molecule has 21 heavy (non-hydrogen) atoms. The molecule has 1 fully saturated rings. The Balaban J connectivity index is 1.64. The second kappa shape index (κ2) is 5.73. The summed E-state index contributed by atoms with van der Waals surface area (Å²) < 4.78 is 1.99. The topological polar surface area (TPSA) is 54.3 Å². The van der Waals surface area contributed by atoms with E-state index in [9.17, 15) is 4.79 Å². The minimum atomic E-state index is -0.00124. The molecule has 1 aliphatic rings. The summed E-state index contributed by atoms with van der Waals surface area (Å²) in [6.07, 6.45) is 5.23. The van der Waals surface area contributed by atoms with E-state index >= 15 is 0 Å². The Morgan fingerprint density at radius 1 is 1.19 bits per heavy atom. The number of imidazole rings is 1. The summed E-state index contributed by atoms with van der Waals surface area (Å²) in [5, 5.41) is 0.395. The minimum Gasteiger partial charge on any atom is -0.339 e. The molecular weight excluding hydrogens is 290 g/mol. The van der Waals surface area contributed by atoms with Gasteiger partial charge in [0.2, 0.25) is 5.95 Å². The summed E-state index contributed by atoms with van der Waals surface area (Å²) in [5.41, 5.74) is 0.574. The maximum Gasteiger partial charge on any atom is 0.255 e. The third kappa shape index (κ3) is 2.85. The largest absolute Gasteiger partial charge is 0.339 e. The molecule has 0 N–H and O–H groups in total. The molecule has 1 saturated heterocycles. The van der Waals surface area contributed by atoms with Crippen LogP contribution >= 0.6 is 11.6 Å². The van der Waals surface area contributed by atoms with Gasteiger partial charge >= 0.3 is 0 Å². The van der Waals surface area contributed by atoms with Crippen LogP contribution in [-0.2, 0) is 7.05 Å². The first-order chi connectivity index (χ1) is 10.1. The summed E-state index contributed by atoms with van der Waals surface area (Å²) in [5.74, 6) is 0.939. The molecule has 7 heteroatoms. The first-order valence-corrected chi connectivity index (χ1v) is 7.16. The van der Waals surface area contributed by atoms with Gasteiger partial charge in [0.15, 0.2) is 0 Å². The number of nitrogens with zero attached hydrogens (tertiary/aromatic N) is 5. The number of pyridine rings is 1. The zero-order valence-electron chi connectivity index (χ0n) is 11.7. The van der Waals surface area contributed by atoms with Crippen LogP contribution in [0.5, 0.6) is 0 Å². The molecule has 3 rings (SSSR count). The molecule has 3 heterocycles. The van der Waals surface area contributed by atoms with Crippen molar-refractivity contribution in [2.75, 3.05) is 31.1 Å². The Bertz CT molecular complexity index is 631. The molecule has 0 radical (unpaired) electrons. The standard InChI is InChI=1S/C14H16ClN5O/c1-18-5-4-16-14(18)20-8-6-19(7-9-20)13(21)11-2-3-12(15)17-10-11/h2-5,10H,6-9H2,1H3. The highest BCUT2D eigenvalue weighted by molar-refractivity contribution is 6.29. The van der Waals surface area contributed by atoms with Crippen LogP contribution in [0.4, 0.5) is 5.95 Å². The van der Waals surface area contributed by atoms with Crippen LogP contribution in [0.2, 0.25) is 5.15 Å². The minimum absolute atomic E-state index is 0.00124.